The van der Waals surface area contributed by atoms with Crippen molar-refractivity contribution in [3.63, 3.8) is 0 Å². The summed E-state index contributed by atoms with van der Waals surface area (Å²) >= 11 is 15.7. The molecule has 0 amide bonds. The van der Waals surface area contributed by atoms with Crippen LogP contribution in [-0.4, -0.2) is 19.3 Å². The fourth-order valence-electron chi connectivity index (χ4n) is 1.93. The molecule has 2 nitrogen and oxygen atoms in total. The molecule has 1 N–H and O–H groups in total. The summed E-state index contributed by atoms with van der Waals surface area (Å²) in [6.45, 7) is 1.64. The van der Waals surface area contributed by atoms with E-state index in [1.165, 1.54) is 0 Å². The van der Waals surface area contributed by atoms with Crippen molar-refractivity contribution in [3.05, 3.63) is 26.7 Å². The standard InChI is InChI=1S/C12H14BrCl2NO/c13-8-6-10(14)12(11(15)7-8)16-9-2-1-4-17-5-3-9/h6-7,9,16H,1-5H2. The van der Waals surface area contributed by atoms with Crippen molar-refractivity contribution in [2.75, 3.05) is 18.5 Å². The van der Waals surface area contributed by atoms with Crippen molar-refractivity contribution < 1.29 is 4.74 Å². The molecule has 1 atom stereocenters. The van der Waals surface area contributed by atoms with Crippen LogP contribution in [0.2, 0.25) is 10.0 Å². The average molecular weight is 339 g/mol. The van der Waals surface area contributed by atoms with E-state index in [2.05, 4.69) is 21.2 Å². The van der Waals surface area contributed by atoms with Crippen LogP contribution in [0.5, 0.6) is 0 Å². The van der Waals surface area contributed by atoms with E-state index < -0.39 is 0 Å². The molecule has 1 heterocycles. The fourth-order valence-corrected chi connectivity index (χ4v) is 3.25. The van der Waals surface area contributed by atoms with Crippen LogP contribution in [0, 0.1) is 0 Å². The lowest BCUT2D eigenvalue weighted by Crippen LogP contribution is -2.20. The Morgan fingerprint density at radius 1 is 1.18 bits per heavy atom. The van der Waals surface area contributed by atoms with Crippen molar-refractivity contribution in [1.29, 1.82) is 0 Å². The quantitative estimate of drug-likeness (QED) is 0.841. The Kier molecular flexibility index (Phi) is 4.97. The van der Waals surface area contributed by atoms with E-state index in [1.54, 1.807) is 0 Å². The van der Waals surface area contributed by atoms with Crippen LogP contribution in [0.25, 0.3) is 0 Å². The molecule has 0 aromatic heterocycles. The molecule has 1 aromatic rings. The van der Waals surface area contributed by atoms with E-state index in [4.69, 9.17) is 27.9 Å². The second-order valence-electron chi connectivity index (χ2n) is 4.13. The van der Waals surface area contributed by atoms with Crippen molar-refractivity contribution in [3.8, 4) is 0 Å². The molecule has 1 unspecified atom stereocenters. The molecule has 17 heavy (non-hydrogen) atoms. The molecule has 2 rings (SSSR count). The molecule has 0 radical (unpaired) electrons. The molecule has 5 heteroatoms. The summed E-state index contributed by atoms with van der Waals surface area (Å²) in [6.07, 6.45) is 3.15. The number of halogens is 3. The van der Waals surface area contributed by atoms with Gasteiger partial charge < -0.3 is 10.1 Å². The molecule has 0 spiro atoms. The Labute approximate surface area is 120 Å². The van der Waals surface area contributed by atoms with E-state index >= 15 is 0 Å². The molecule has 0 aliphatic carbocycles. The molecule has 1 fully saturated rings. The Hall–Kier alpha value is 0.0400. The van der Waals surface area contributed by atoms with Crippen LogP contribution in [0.3, 0.4) is 0 Å². The molecule has 1 aromatic carbocycles. The van der Waals surface area contributed by atoms with E-state index in [0.29, 0.717) is 16.1 Å². The van der Waals surface area contributed by atoms with Gasteiger partial charge in [-0.25, -0.2) is 0 Å². The maximum atomic E-state index is 6.19. The third kappa shape index (κ3) is 3.75. The summed E-state index contributed by atoms with van der Waals surface area (Å²) < 4.78 is 6.32. The minimum atomic E-state index is 0.383. The maximum absolute atomic E-state index is 6.19. The number of hydrogen-bond acceptors (Lipinski definition) is 2. The second-order valence-corrected chi connectivity index (χ2v) is 5.86. The lowest BCUT2D eigenvalue weighted by atomic mass is 10.1. The maximum Gasteiger partial charge on any atom is 0.0721 e. The first-order valence-corrected chi connectivity index (χ1v) is 7.20. The number of anilines is 1. The van der Waals surface area contributed by atoms with Gasteiger partial charge in [0.25, 0.3) is 0 Å². The third-order valence-corrected chi connectivity index (χ3v) is 3.86. The van der Waals surface area contributed by atoms with Gasteiger partial charge in [0.15, 0.2) is 0 Å². The molecular weight excluding hydrogens is 325 g/mol. The van der Waals surface area contributed by atoms with Crippen molar-refractivity contribution in [2.24, 2.45) is 0 Å². The molecule has 0 bridgehead atoms. The lowest BCUT2D eigenvalue weighted by Gasteiger charge is -2.19. The molecule has 1 saturated heterocycles. The highest BCUT2D eigenvalue weighted by Crippen LogP contribution is 2.35. The summed E-state index contributed by atoms with van der Waals surface area (Å²) in [7, 11) is 0. The largest absolute Gasteiger partial charge is 0.381 e. The molecular formula is C12H14BrCl2NO. The highest BCUT2D eigenvalue weighted by atomic mass is 79.9. The van der Waals surface area contributed by atoms with Gasteiger partial charge in [-0.05, 0) is 31.4 Å². The zero-order chi connectivity index (χ0) is 12.3. The average Bonchev–Trinajstić information content (AvgIpc) is 2.51. The summed E-state index contributed by atoms with van der Waals surface area (Å²) in [6, 6.07) is 4.08. The van der Waals surface area contributed by atoms with Crippen LogP contribution < -0.4 is 5.32 Å². The van der Waals surface area contributed by atoms with Crippen LogP contribution in [-0.2, 0) is 4.74 Å². The van der Waals surface area contributed by atoms with Crippen LogP contribution in [0.1, 0.15) is 19.3 Å². The number of ether oxygens (including phenoxy) is 1. The van der Waals surface area contributed by atoms with E-state index in [-0.39, 0.29) is 0 Å². The second kappa shape index (κ2) is 6.28. The minimum Gasteiger partial charge on any atom is -0.381 e. The summed E-state index contributed by atoms with van der Waals surface area (Å²) in [4.78, 5) is 0. The Balaban J connectivity index is 2.11. The summed E-state index contributed by atoms with van der Waals surface area (Å²) in [5.41, 5.74) is 0.823. The first kappa shape index (κ1) is 13.5. The van der Waals surface area contributed by atoms with Gasteiger partial charge in [-0.3, -0.25) is 0 Å². The number of rotatable bonds is 2. The zero-order valence-electron chi connectivity index (χ0n) is 9.31. The van der Waals surface area contributed by atoms with Gasteiger partial charge in [0, 0.05) is 23.7 Å². The third-order valence-electron chi connectivity index (χ3n) is 2.81. The highest BCUT2D eigenvalue weighted by Gasteiger charge is 2.15. The fraction of sp³-hybridized carbons (Fsp3) is 0.500. The van der Waals surface area contributed by atoms with E-state index in [1.807, 2.05) is 12.1 Å². The number of benzene rings is 1. The van der Waals surface area contributed by atoms with Crippen LogP contribution >= 0.6 is 39.1 Å². The predicted octanol–water partition coefficient (Wildman–Crippen LogP) is 4.74. The van der Waals surface area contributed by atoms with Crippen LogP contribution in [0.4, 0.5) is 5.69 Å². The normalized spacial score (nSPS) is 21.0. The topological polar surface area (TPSA) is 21.3 Å². The molecule has 94 valence electrons. The SMILES string of the molecule is Clc1cc(Br)cc(Cl)c1NC1CCCOCC1. The number of nitrogens with one attached hydrogen (secondary N) is 1. The van der Waals surface area contributed by atoms with Gasteiger partial charge in [0.05, 0.1) is 15.7 Å². The van der Waals surface area contributed by atoms with Gasteiger partial charge in [-0.2, -0.15) is 0 Å². The lowest BCUT2D eigenvalue weighted by molar-refractivity contribution is 0.144. The molecule has 1 aliphatic heterocycles. The summed E-state index contributed by atoms with van der Waals surface area (Å²) in [5, 5.41) is 4.72. The van der Waals surface area contributed by atoms with Gasteiger partial charge in [0.1, 0.15) is 0 Å². The number of hydrogen-bond donors (Lipinski definition) is 1. The first-order chi connectivity index (χ1) is 8.16. The monoisotopic (exact) mass is 337 g/mol. The zero-order valence-corrected chi connectivity index (χ0v) is 12.4. The molecule has 0 saturated carbocycles. The molecule has 1 aliphatic rings. The predicted molar refractivity (Wildman–Crippen MR) is 76.2 cm³/mol. The Bertz CT molecular complexity index is 369. The Morgan fingerprint density at radius 2 is 1.88 bits per heavy atom. The smallest absolute Gasteiger partial charge is 0.0721 e. The Morgan fingerprint density at radius 3 is 2.59 bits per heavy atom. The van der Waals surface area contributed by atoms with Crippen LogP contribution in [0.15, 0.2) is 16.6 Å². The van der Waals surface area contributed by atoms with E-state index in [9.17, 15) is 0 Å². The van der Waals surface area contributed by atoms with Gasteiger partial charge in [-0.15, -0.1) is 0 Å². The van der Waals surface area contributed by atoms with Crippen molar-refractivity contribution in [2.45, 2.75) is 25.3 Å². The van der Waals surface area contributed by atoms with E-state index in [0.717, 1.165) is 42.6 Å². The summed E-state index contributed by atoms with van der Waals surface area (Å²) in [5.74, 6) is 0. The first-order valence-electron chi connectivity index (χ1n) is 5.65. The van der Waals surface area contributed by atoms with Crippen molar-refractivity contribution >= 4 is 44.8 Å². The van der Waals surface area contributed by atoms with Crippen molar-refractivity contribution in [1.82, 2.24) is 0 Å². The minimum absolute atomic E-state index is 0.383. The van der Waals surface area contributed by atoms with Gasteiger partial charge in [-0.1, -0.05) is 39.1 Å². The van der Waals surface area contributed by atoms with Gasteiger partial charge >= 0.3 is 0 Å². The van der Waals surface area contributed by atoms with Gasteiger partial charge in [0.2, 0.25) is 0 Å². The highest BCUT2D eigenvalue weighted by molar-refractivity contribution is 9.10.